The molecule has 0 unspecified atom stereocenters. The van der Waals surface area contributed by atoms with E-state index in [0.29, 0.717) is 0 Å². The molecule has 1 aliphatic rings. The van der Waals surface area contributed by atoms with E-state index in [0.717, 1.165) is 14.2 Å². The third-order valence-electron chi connectivity index (χ3n) is 3.38. The van der Waals surface area contributed by atoms with Crippen molar-refractivity contribution in [2.75, 3.05) is 13.6 Å². The predicted molar refractivity (Wildman–Crippen MR) is 69.6 cm³/mol. The maximum atomic E-state index is 12.2. The minimum atomic E-state index is -3.73. The number of benzene rings is 1. The van der Waals surface area contributed by atoms with Gasteiger partial charge in [0.25, 0.3) is 10.2 Å². The number of nitrogens with zero attached hydrogens (tertiary/aromatic N) is 2. The van der Waals surface area contributed by atoms with Crippen molar-refractivity contribution in [3.05, 3.63) is 35.9 Å². The lowest BCUT2D eigenvalue weighted by Gasteiger charge is -2.27. The average molecular weight is 284 g/mol. The van der Waals surface area contributed by atoms with Crippen molar-refractivity contribution >= 4 is 16.2 Å². The summed E-state index contributed by atoms with van der Waals surface area (Å²) in [5.41, 5.74) is -0.683. The van der Waals surface area contributed by atoms with Gasteiger partial charge in [0.15, 0.2) is 0 Å². The number of carbonyl (C=O) groups is 1. The normalized spacial score (nSPS) is 27.5. The number of rotatable bonds is 3. The number of carboxylic acid groups (broad SMARTS) is 1. The first-order chi connectivity index (χ1) is 8.78. The molecule has 2 rings (SSSR count). The summed E-state index contributed by atoms with van der Waals surface area (Å²) in [6, 6.07) is 8.95. The van der Waals surface area contributed by atoms with Gasteiger partial charge in [0.05, 0.1) is 0 Å². The van der Waals surface area contributed by atoms with Crippen molar-refractivity contribution in [1.82, 2.24) is 8.61 Å². The Hall–Kier alpha value is -1.44. The second kappa shape index (κ2) is 4.59. The predicted octanol–water partition coefficient (Wildman–Crippen LogP) is 0.522. The van der Waals surface area contributed by atoms with Gasteiger partial charge in [0, 0.05) is 20.1 Å². The maximum Gasteiger partial charge on any atom is 0.326 e. The van der Waals surface area contributed by atoms with Crippen molar-refractivity contribution in [3.63, 3.8) is 0 Å². The number of hydrogen-bond donors (Lipinski definition) is 1. The highest BCUT2D eigenvalue weighted by Gasteiger charge is 2.55. The van der Waals surface area contributed by atoms with Crippen molar-refractivity contribution in [2.45, 2.75) is 19.0 Å². The minimum Gasteiger partial charge on any atom is -0.480 e. The molecule has 1 fully saturated rings. The fourth-order valence-corrected chi connectivity index (χ4v) is 3.90. The van der Waals surface area contributed by atoms with Crippen LogP contribution in [-0.4, -0.2) is 47.2 Å². The first kappa shape index (κ1) is 14.0. The van der Waals surface area contributed by atoms with Crippen LogP contribution in [0.4, 0.5) is 0 Å². The number of carboxylic acids is 1. The van der Waals surface area contributed by atoms with Crippen LogP contribution in [-0.2, 0) is 21.5 Å². The van der Waals surface area contributed by atoms with Gasteiger partial charge in [0.2, 0.25) is 0 Å². The summed E-state index contributed by atoms with van der Waals surface area (Å²) in [5.74, 6) is -1.14. The Morgan fingerprint density at radius 1 is 1.37 bits per heavy atom. The highest BCUT2D eigenvalue weighted by Crippen LogP contribution is 2.32. The van der Waals surface area contributed by atoms with Gasteiger partial charge in [-0.2, -0.15) is 17.0 Å². The zero-order valence-electron chi connectivity index (χ0n) is 10.8. The molecule has 104 valence electrons. The van der Waals surface area contributed by atoms with Crippen LogP contribution < -0.4 is 0 Å². The van der Waals surface area contributed by atoms with Crippen LogP contribution in [0.3, 0.4) is 0 Å². The molecular weight excluding hydrogens is 268 g/mol. The van der Waals surface area contributed by atoms with Crippen LogP contribution in [0.25, 0.3) is 0 Å². The van der Waals surface area contributed by atoms with Crippen LogP contribution >= 0.6 is 0 Å². The van der Waals surface area contributed by atoms with Crippen LogP contribution in [0.15, 0.2) is 30.3 Å². The van der Waals surface area contributed by atoms with Gasteiger partial charge in [-0.25, -0.2) is 0 Å². The zero-order valence-corrected chi connectivity index (χ0v) is 11.6. The quantitative estimate of drug-likeness (QED) is 0.878. The molecule has 0 aliphatic carbocycles. The van der Waals surface area contributed by atoms with Gasteiger partial charge in [-0.1, -0.05) is 30.3 Å². The number of hydrogen-bond acceptors (Lipinski definition) is 3. The van der Waals surface area contributed by atoms with Crippen molar-refractivity contribution in [3.8, 4) is 0 Å². The lowest BCUT2D eigenvalue weighted by molar-refractivity contribution is -0.146. The van der Waals surface area contributed by atoms with Crippen molar-refractivity contribution in [1.29, 1.82) is 0 Å². The molecule has 0 amide bonds. The van der Waals surface area contributed by atoms with Gasteiger partial charge in [-0.15, -0.1) is 0 Å². The van der Waals surface area contributed by atoms with Crippen LogP contribution in [0.2, 0.25) is 0 Å². The van der Waals surface area contributed by atoms with E-state index in [9.17, 15) is 18.3 Å². The largest absolute Gasteiger partial charge is 0.480 e. The Morgan fingerprint density at radius 2 is 1.95 bits per heavy atom. The molecule has 0 bridgehead atoms. The lowest BCUT2D eigenvalue weighted by Crippen LogP contribution is -2.50. The topological polar surface area (TPSA) is 77.9 Å². The minimum absolute atomic E-state index is 0.0519. The van der Waals surface area contributed by atoms with Crippen molar-refractivity contribution < 1.29 is 18.3 Å². The molecule has 0 saturated carbocycles. The standard InChI is InChI=1S/C12H16N2O4S/c1-12(11(15)16)9-13(2)19(17,18)14(12)8-10-6-4-3-5-7-10/h3-7H,8-9H2,1-2H3,(H,15,16)/t12-/m0/s1. The molecule has 1 aromatic rings. The second-order valence-electron chi connectivity index (χ2n) is 4.84. The summed E-state index contributed by atoms with van der Waals surface area (Å²) in [4.78, 5) is 11.4. The summed E-state index contributed by atoms with van der Waals surface area (Å²) in [5, 5.41) is 9.34. The lowest BCUT2D eigenvalue weighted by atomic mass is 10.0. The second-order valence-corrected chi connectivity index (χ2v) is 6.79. The summed E-state index contributed by atoms with van der Waals surface area (Å²) >= 11 is 0. The fraction of sp³-hybridized carbons (Fsp3) is 0.417. The van der Waals surface area contributed by atoms with Crippen LogP contribution in [0.5, 0.6) is 0 Å². The average Bonchev–Trinajstić information content (AvgIpc) is 2.52. The summed E-state index contributed by atoms with van der Waals surface area (Å²) in [6.45, 7) is 1.42. The van der Waals surface area contributed by atoms with Gasteiger partial charge in [-0.05, 0) is 12.5 Å². The van der Waals surface area contributed by atoms with Gasteiger partial charge in [0.1, 0.15) is 5.54 Å². The van der Waals surface area contributed by atoms with E-state index in [4.69, 9.17) is 0 Å². The molecule has 1 aliphatic heterocycles. The third-order valence-corrected chi connectivity index (χ3v) is 5.39. The van der Waals surface area contributed by atoms with E-state index in [2.05, 4.69) is 0 Å². The molecule has 1 aromatic carbocycles. The number of aliphatic carboxylic acids is 1. The van der Waals surface area contributed by atoms with Gasteiger partial charge >= 0.3 is 5.97 Å². The maximum absolute atomic E-state index is 12.2. The molecule has 7 heteroatoms. The molecule has 1 N–H and O–H groups in total. The SMILES string of the molecule is CN1C[C@@](C)(C(=O)O)N(Cc2ccccc2)S1(=O)=O. The van der Waals surface area contributed by atoms with E-state index >= 15 is 0 Å². The fourth-order valence-electron chi connectivity index (χ4n) is 2.20. The van der Waals surface area contributed by atoms with Gasteiger partial charge < -0.3 is 5.11 Å². The summed E-state index contributed by atoms with van der Waals surface area (Å²) < 4.78 is 26.5. The summed E-state index contributed by atoms with van der Waals surface area (Å²) in [6.07, 6.45) is 0. The molecule has 1 heterocycles. The van der Waals surface area contributed by atoms with Crippen LogP contribution in [0, 0.1) is 0 Å². The van der Waals surface area contributed by atoms with Gasteiger partial charge in [-0.3, -0.25) is 4.79 Å². The Morgan fingerprint density at radius 3 is 2.47 bits per heavy atom. The molecule has 1 saturated heterocycles. The number of likely N-dealkylation sites (N-methyl/N-ethyl adjacent to an activating group) is 1. The van der Waals surface area contributed by atoms with E-state index < -0.39 is 21.7 Å². The highest BCUT2D eigenvalue weighted by molar-refractivity contribution is 7.87. The molecule has 0 spiro atoms. The first-order valence-electron chi connectivity index (χ1n) is 5.80. The zero-order chi connectivity index (χ0) is 14.3. The van der Waals surface area contributed by atoms with E-state index in [1.165, 1.54) is 14.0 Å². The van der Waals surface area contributed by atoms with E-state index in [1.54, 1.807) is 24.3 Å². The van der Waals surface area contributed by atoms with Crippen LogP contribution in [0.1, 0.15) is 12.5 Å². The smallest absolute Gasteiger partial charge is 0.326 e. The molecular formula is C12H16N2O4S. The van der Waals surface area contributed by atoms with E-state index in [-0.39, 0.29) is 13.1 Å². The molecule has 19 heavy (non-hydrogen) atoms. The Labute approximate surface area is 112 Å². The monoisotopic (exact) mass is 284 g/mol. The Bertz CT molecular complexity index is 587. The Balaban J connectivity index is 2.41. The highest BCUT2D eigenvalue weighted by atomic mass is 32.2. The molecule has 0 radical (unpaired) electrons. The molecule has 6 nitrogen and oxygen atoms in total. The summed E-state index contributed by atoms with van der Waals surface area (Å²) in [7, 11) is -2.34. The van der Waals surface area contributed by atoms with Crippen molar-refractivity contribution in [2.24, 2.45) is 0 Å². The first-order valence-corrected chi connectivity index (χ1v) is 7.19. The third kappa shape index (κ3) is 2.24. The molecule has 0 aromatic heterocycles. The van der Waals surface area contributed by atoms with E-state index in [1.807, 2.05) is 6.07 Å². The Kier molecular flexibility index (Phi) is 3.38. The molecule has 1 atom stereocenters.